The predicted octanol–water partition coefficient (Wildman–Crippen LogP) is 3.44. The van der Waals surface area contributed by atoms with Crippen molar-refractivity contribution in [3.63, 3.8) is 0 Å². The monoisotopic (exact) mass is 322 g/mol. The van der Waals surface area contributed by atoms with Crippen LogP contribution in [-0.4, -0.2) is 44.6 Å². The van der Waals surface area contributed by atoms with E-state index in [1.807, 2.05) is 12.1 Å². The van der Waals surface area contributed by atoms with E-state index in [0.717, 1.165) is 17.9 Å². The molecular formula is C17H26N2O4. The molecule has 0 spiro atoms. The van der Waals surface area contributed by atoms with Crippen LogP contribution < -0.4 is 10.1 Å². The second kappa shape index (κ2) is 9.37. The molecule has 2 amide bonds. The molecule has 0 unspecified atom stereocenters. The van der Waals surface area contributed by atoms with Crippen LogP contribution in [0.2, 0.25) is 0 Å². The van der Waals surface area contributed by atoms with Gasteiger partial charge in [0, 0.05) is 18.8 Å². The van der Waals surface area contributed by atoms with Crippen LogP contribution in [0.5, 0.6) is 5.75 Å². The number of urea groups is 1. The van der Waals surface area contributed by atoms with Gasteiger partial charge in [0.05, 0.1) is 19.8 Å². The van der Waals surface area contributed by atoms with Crippen molar-refractivity contribution in [2.45, 2.75) is 38.2 Å². The lowest BCUT2D eigenvalue weighted by Gasteiger charge is -2.22. The maximum absolute atomic E-state index is 11.7. The summed E-state index contributed by atoms with van der Waals surface area (Å²) < 4.78 is 11.5. The van der Waals surface area contributed by atoms with Crippen LogP contribution in [0.4, 0.5) is 10.5 Å². The number of nitrogens with one attached hydrogen (secondary N) is 1. The number of rotatable bonds is 7. The van der Waals surface area contributed by atoms with Crippen LogP contribution >= 0.6 is 0 Å². The SMILES string of the molecule is CON(C)C(=O)Nc1cccc(OCCOC2CCCCC2)c1. The average molecular weight is 322 g/mol. The number of nitrogens with zero attached hydrogens (tertiary/aromatic N) is 1. The fraction of sp³-hybridized carbons (Fsp3) is 0.588. The molecule has 1 fully saturated rings. The number of benzene rings is 1. The van der Waals surface area contributed by atoms with E-state index in [-0.39, 0.29) is 6.03 Å². The first-order valence-electron chi connectivity index (χ1n) is 8.12. The minimum Gasteiger partial charge on any atom is -0.491 e. The van der Waals surface area contributed by atoms with E-state index in [1.165, 1.54) is 33.4 Å². The van der Waals surface area contributed by atoms with Crippen molar-refractivity contribution in [2.75, 3.05) is 32.7 Å². The Kier molecular flexibility index (Phi) is 7.16. The molecule has 1 saturated carbocycles. The van der Waals surface area contributed by atoms with E-state index in [4.69, 9.17) is 14.3 Å². The number of hydroxylamine groups is 2. The number of carbonyl (C=O) groups is 1. The van der Waals surface area contributed by atoms with Crippen molar-refractivity contribution in [2.24, 2.45) is 0 Å². The summed E-state index contributed by atoms with van der Waals surface area (Å²) in [5, 5.41) is 3.84. The van der Waals surface area contributed by atoms with Gasteiger partial charge in [-0.05, 0) is 25.0 Å². The van der Waals surface area contributed by atoms with Crippen molar-refractivity contribution in [3.8, 4) is 5.75 Å². The highest BCUT2D eigenvalue weighted by Crippen LogP contribution is 2.21. The molecule has 1 N–H and O–H groups in total. The second-order valence-electron chi connectivity index (χ2n) is 5.62. The molecule has 6 nitrogen and oxygen atoms in total. The van der Waals surface area contributed by atoms with Crippen molar-refractivity contribution < 1.29 is 19.1 Å². The van der Waals surface area contributed by atoms with Crippen molar-refractivity contribution in [1.29, 1.82) is 0 Å². The first-order chi connectivity index (χ1) is 11.2. The van der Waals surface area contributed by atoms with Gasteiger partial charge >= 0.3 is 6.03 Å². The van der Waals surface area contributed by atoms with Gasteiger partial charge in [0.1, 0.15) is 12.4 Å². The summed E-state index contributed by atoms with van der Waals surface area (Å²) in [5.41, 5.74) is 0.657. The molecule has 0 aliphatic heterocycles. The van der Waals surface area contributed by atoms with Crippen molar-refractivity contribution in [3.05, 3.63) is 24.3 Å². The van der Waals surface area contributed by atoms with Gasteiger partial charge in [0.15, 0.2) is 0 Å². The summed E-state index contributed by atoms with van der Waals surface area (Å²) in [4.78, 5) is 16.5. The molecule has 128 valence electrons. The van der Waals surface area contributed by atoms with Gasteiger partial charge < -0.3 is 14.8 Å². The molecule has 2 rings (SSSR count). The van der Waals surface area contributed by atoms with E-state index in [9.17, 15) is 4.79 Å². The molecule has 1 aromatic rings. The quantitative estimate of drug-likeness (QED) is 0.617. The van der Waals surface area contributed by atoms with Crippen LogP contribution in [0.15, 0.2) is 24.3 Å². The molecule has 1 aliphatic rings. The lowest BCUT2D eigenvalue weighted by Crippen LogP contribution is -2.30. The Morgan fingerprint density at radius 1 is 1.26 bits per heavy atom. The maximum Gasteiger partial charge on any atom is 0.345 e. The van der Waals surface area contributed by atoms with Gasteiger partial charge in [-0.15, -0.1) is 0 Å². The van der Waals surface area contributed by atoms with Crippen LogP contribution in [-0.2, 0) is 9.57 Å². The zero-order valence-corrected chi connectivity index (χ0v) is 13.9. The van der Waals surface area contributed by atoms with Gasteiger partial charge in [-0.1, -0.05) is 25.3 Å². The summed E-state index contributed by atoms with van der Waals surface area (Å²) in [6, 6.07) is 6.93. The van der Waals surface area contributed by atoms with Gasteiger partial charge in [-0.25, -0.2) is 9.86 Å². The maximum atomic E-state index is 11.7. The number of anilines is 1. The Morgan fingerprint density at radius 2 is 2.04 bits per heavy atom. The number of hydrogen-bond acceptors (Lipinski definition) is 4. The molecule has 6 heteroatoms. The van der Waals surface area contributed by atoms with Gasteiger partial charge in [0.25, 0.3) is 0 Å². The third-order valence-corrected chi connectivity index (χ3v) is 3.90. The minimum atomic E-state index is -0.342. The largest absolute Gasteiger partial charge is 0.491 e. The second-order valence-corrected chi connectivity index (χ2v) is 5.62. The van der Waals surface area contributed by atoms with Crippen LogP contribution in [0, 0.1) is 0 Å². The normalized spacial score (nSPS) is 15.2. The molecule has 0 bridgehead atoms. The molecule has 0 aromatic heterocycles. The Morgan fingerprint density at radius 3 is 2.78 bits per heavy atom. The van der Waals surface area contributed by atoms with Crippen molar-refractivity contribution >= 4 is 11.7 Å². The van der Waals surface area contributed by atoms with Gasteiger partial charge in [0.2, 0.25) is 0 Å². The third kappa shape index (κ3) is 6.08. The van der Waals surface area contributed by atoms with Crippen molar-refractivity contribution in [1.82, 2.24) is 5.06 Å². The molecule has 0 saturated heterocycles. The first kappa shape index (κ1) is 17.6. The molecule has 1 aliphatic carbocycles. The summed E-state index contributed by atoms with van der Waals surface area (Å²) in [5.74, 6) is 0.704. The smallest absolute Gasteiger partial charge is 0.345 e. The summed E-state index contributed by atoms with van der Waals surface area (Å²) in [7, 11) is 2.98. The molecule has 23 heavy (non-hydrogen) atoms. The van der Waals surface area contributed by atoms with Crippen LogP contribution in [0.3, 0.4) is 0 Å². The predicted molar refractivity (Wildman–Crippen MR) is 88.6 cm³/mol. The fourth-order valence-electron chi connectivity index (χ4n) is 2.55. The molecule has 0 atom stereocenters. The molecular weight excluding hydrogens is 296 g/mol. The highest BCUT2D eigenvalue weighted by atomic mass is 16.7. The number of carbonyl (C=O) groups excluding carboxylic acids is 1. The number of ether oxygens (including phenoxy) is 2. The van der Waals surface area contributed by atoms with E-state index >= 15 is 0 Å². The Hall–Kier alpha value is -1.79. The van der Waals surface area contributed by atoms with Gasteiger partial charge in [-0.3, -0.25) is 4.84 Å². The molecule has 0 heterocycles. The van der Waals surface area contributed by atoms with E-state index in [0.29, 0.717) is 30.8 Å². The van der Waals surface area contributed by atoms with Gasteiger partial charge in [-0.2, -0.15) is 0 Å². The number of amides is 2. The topological polar surface area (TPSA) is 60.0 Å². The summed E-state index contributed by atoms with van der Waals surface area (Å²) >= 11 is 0. The summed E-state index contributed by atoms with van der Waals surface area (Å²) in [6.45, 7) is 1.10. The lowest BCUT2D eigenvalue weighted by atomic mass is 9.98. The Labute approximate surface area is 137 Å². The first-order valence-corrected chi connectivity index (χ1v) is 8.12. The minimum absolute atomic E-state index is 0.342. The Bertz CT molecular complexity index is 489. The number of hydrogen-bond donors (Lipinski definition) is 1. The molecule has 0 radical (unpaired) electrons. The van der Waals surface area contributed by atoms with Crippen LogP contribution in [0.1, 0.15) is 32.1 Å². The molecule has 1 aromatic carbocycles. The fourth-order valence-corrected chi connectivity index (χ4v) is 2.55. The highest BCUT2D eigenvalue weighted by molar-refractivity contribution is 5.88. The highest BCUT2D eigenvalue weighted by Gasteiger charge is 2.13. The van der Waals surface area contributed by atoms with Crippen LogP contribution in [0.25, 0.3) is 0 Å². The van der Waals surface area contributed by atoms with E-state index < -0.39 is 0 Å². The standard InChI is InChI=1S/C17H26N2O4/c1-19(21-2)17(20)18-14-7-6-10-16(13-14)23-12-11-22-15-8-4-3-5-9-15/h6-7,10,13,15H,3-5,8-9,11-12H2,1-2H3,(H,18,20). The van der Waals surface area contributed by atoms with E-state index in [1.54, 1.807) is 12.1 Å². The summed E-state index contributed by atoms with van der Waals surface area (Å²) in [6.07, 6.45) is 6.57. The average Bonchev–Trinajstić information content (AvgIpc) is 2.59. The lowest BCUT2D eigenvalue weighted by molar-refractivity contribution is -0.0598. The third-order valence-electron chi connectivity index (χ3n) is 3.90. The zero-order chi connectivity index (χ0) is 16.5. The Balaban J connectivity index is 1.72. The zero-order valence-electron chi connectivity index (χ0n) is 13.9. The van der Waals surface area contributed by atoms with E-state index in [2.05, 4.69) is 5.32 Å².